The van der Waals surface area contributed by atoms with E-state index in [4.69, 9.17) is 4.98 Å². The number of hydrogen-bond donors (Lipinski definition) is 1. The topological polar surface area (TPSA) is 84.9 Å². The summed E-state index contributed by atoms with van der Waals surface area (Å²) < 4.78 is 0. The number of carbonyl (C=O) groups excluding carboxylic acids is 2. The molecule has 6 rings (SSSR count). The molecule has 2 aromatic rings. The number of urea groups is 1. The van der Waals surface area contributed by atoms with E-state index < -0.39 is 0 Å². The van der Waals surface area contributed by atoms with Crippen molar-refractivity contribution in [2.45, 2.75) is 51.4 Å². The van der Waals surface area contributed by atoms with Gasteiger partial charge in [-0.1, -0.05) is 0 Å². The van der Waals surface area contributed by atoms with E-state index in [1.807, 2.05) is 9.80 Å². The molecule has 0 atom stereocenters. The number of anilines is 1. The van der Waals surface area contributed by atoms with Crippen LogP contribution in [0.25, 0.3) is 10.9 Å². The Morgan fingerprint density at radius 3 is 2.31 bits per heavy atom. The fraction of sp³-hybridized carbons (Fsp3) is 0.533. The Kier molecular flexibility index (Phi) is 7.39. The van der Waals surface area contributed by atoms with Gasteiger partial charge in [-0.15, -0.1) is 0 Å². The van der Waals surface area contributed by atoms with E-state index in [1.54, 1.807) is 13.3 Å². The number of piperazine rings is 1. The number of nitrogens with one attached hydrogen (secondary N) is 1. The molecule has 0 spiro atoms. The lowest BCUT2D eigenvalue weighted by molar-refractivity contribution is -0.129. The number of likely N-dealkylation sites (tertiary alicyclic amines) is 2. The van der Waals surface area contributed by atoms with Crippen LogP contribution in [0.5, 0.6) is 0 Å². The second-order valence-electron chi connectivity index (χ2n) is 11.2. The van der Waals surface area contributed by atoms with Crippen molar-refractivity contribution in [1.82, 2.24) is 30.0 Å². The summed E-state index contributed by atoms with van der Waals surface area (Å²) in [7, 11) is 0. The molecule has 0 bridgehead atoms. The highest BCUT2D eigenvalue weighted by Crippen LogP contribution is 2.33. The molecular weight excluding hydrogens is 490 g/mol. The van der Waals surface area contributed by atoms with E-state index in [0.717, 1.165) is 92.9 Å². The number of allylic oxidation sites excluding steroid dienone is 4. The third-order valence-electron chi connectivity index (χ3n) is 8.82. The molecule has 1 N–H and O–H groups in total. The van der Waals surface area contributed by atoms with Crippen LogP contribution in [-0.2, 0) is 4.79 Å². The highest BCUT2D eigenvalue weighted by molar-refractivity contribution is 5.85. The fourth-order valence-electron chi connectivity index (χ4n) is 6.44. The average Bonchev–Trinajstić information content (AvgIpc) is 3.52. The van der Waals surface area contributed by atoms with Crippen LogP contribution in [-0.4, -0.2) is 89.0 Å². The van der Waals surface area contributed by atoms with E-state index in [-0.39, 0.29) is 11.9 Å². The summed E-state index contributed by atoms with van der Waals surface area (Å²) >= 11 is 0. The quantitative estimate of drug-likeness (QED) is 0.648. The maximum absolute atomic E-state index is 13.0. The van der Waals surface area contributed by atoms with E-state index in [1.165, 1.54) is 31.6 Å². The third kappa shape index (κ3) is 5.58. The fourth-order valence-corrected chi connectivity index (χ4v) is 6.44. The maximum atomic E-state index is 13.0. The van der Waals surface area contributed by atoms with Crippen molar-refractivity contribution in [3.05, 3.63) is 53.8 Å². The van der Waals surface area contributed by atoms with Crippen molar-refractivity contribution in [3.8, 4) is 0 Å². The maximum Gasteiger partial charge on any atom is 0.321 e. The summed E-state index contributed by atoms with van der Waals surface area (Å²) in [6.07, 6.45) is 12.2. The highest BCUT2D eigenvalue weighted by atomic mass is 16.2. The van der Waals surface area contributed by atoms with Gasteiger partial charge in [0.1, 0.15) is 6.33 Å². The number of aromatic nitrogens is 2. The number of amides is 3. The summed E-state index contributed by atoms with van der Waals surface area (Å²) in [5, 5.41) is 4.26. The first-order valence-electron chi connectivity index (χ1n) is 14.5. The molecule has 1 aromatic heterocycles. The summed E-state index contributed by atoms with van der Waals surface area (Å²) in [6.45, 7) is 8.58. The summed E-state index contributed by atoms with van der Waals surface area (Å²) in [4.78, 5) is 42.6. The molecular formula is C30H39N7O2. The molecule has 0 radical (unpaired) electrons. The lowest BCUT2D eigenvalue weighted by Crippen LogP contribution is -2.48. The predicted molar refractivity (Wildman–Crippen MR) is 152 cm³/mol. The van der Waals surface area contributed by atoms with Gasteiger partial charge < -0.3 is 24.9 Å². The van der Waals surface area contributed by atoms with Crippen LogP contribution in [0.15, 0.2) is 48.1 Å². The Balaban J connectivity index is 1.06. The van der Waals surface area contributed by atoms with Crippen LogP contribution >= 0.6 is 0 Å². The molecule has 1 aliphatic carbocycles. The number of benzene rings is 1. The average molecular weight is 530 g/mol. The molecule has 206 valence electrons. The molecule has 0 saturated carbocycles. The van der Waals surface area contributed by atoms with Gasteiger partial charge in [-0.3, -0.25) is 4.79 Å². The minimum atomic E-state index is 0.0137. The smallest absolute Gasteiger partial charge is 0.321 e. The van der Waals surface area contributed by atoms with Crippen molar-refractivity contribution >= 4 is 28.5 Å². The number of nitrogens with zero attached hydrogens (tertiary/aromatic N) is 6. The van der Waals surface area contributed by atoms with Gasteiger partial charge in [-0.25, -0.2) is 14.8 Å². The van der Waals surface area contributed by atoms with Crippen molar-refractivity contribution in [1.29, 1.82) is 0 Å². The Morgan fingerprint density at radius 1 is 0.846 bits per heavy atom. The molecule has 4 heterocycles. The number of carbonyl (C=O) groups is 2. The normalized spacial score (nSPS) is 20.7. The Labute approximate surface area is 230 Å². The Morgan fingerprint density at radius 2 is 1.62 bits per heavy atom. The molecule has 9 heteroatoms. The van der Waals surface area contributed by atoms with E-state index >= 15 is 0 Å². The van der Waals surface area contributed by atoms with Crippen molar-refractivity contribution < 1.29 is 9.59 Å². The lowest BCUT2D eigenvalue weighted by Gasteiger charge is -2.35. The first kappa shape index (κ1) is 25.6. The SMILES string of the molecule is CC(=O)N1CCN(c2ccc3c(C4CCN(C(=O)NC5=CC=C(N6CCCC6)CC5)CC4)ncnc3c2)CC1. The Bertz CT molecular complexity index is 1280. The molecule has 0 unspecified atom stereocenters. The van der Waals surface area contributed by atoms with Gasteiger partial charge >= 0.3 is 6.03 Å². The van der Waals surface area contributed by atoms with Crippen LogP contribution in [0.2, 0.25) is 0 Å². The first-order chi connectivity index (χ1) is 19.0. The van der Waals surface area contributed by atoms with Gasteiger partial charge in [0.25, 0.3) is 0 Å². The van der Waals surface area contributed by atoms with Crippen molar-refractivity contribution in [2.24, 2.45) is 0 Å². The molecule has 39 heavy (non-hydrogen) atoms. The molecule has 9 nitrogen and oxygen atoms in total. The molecule has 3 fully saturated rings. The van der Waals surface area contributed by atoms with E-state index in [9.17, 15) is 9.59 Å². The predicted octanol–water partition coefficient (Wildman–Crippen LogP) is 3.84. The number of hydrogen-bond acceptors (Lipinski definition) is 6. The third-order valence-corrected chi connectivity index (χ3v) is 8.82. The molecule has 3 amide bonds. The van der Waals surface area contributed by atoms with Crippen molar-refractivity contribution in [2.75, 3.05) is 57.3 Å². The van der Waals surface area contributed by atoms with Crippen LogP contribution in [0.1, 0.15) is 57.1 Å². The van der Waals surface area contributed by atoms with E-state index in [2.05, 4.69) is 50.5 Å². The Hall–Kier alpha value is -3.62. The largest absolute Gasteiger partial charge is 0.375 e. The molecule has 1 aromatic carbocycles. The van der Waals surface area contributed by atoms with Gasteiger partial charge in [-0.2, -0.15) is 0 Å². The van der Waals surface area contributed by atoms with Crippen LogP contribution < -0.4 is 10.2 Å². The minimum absolute atomic E-state index is 0.0137. The standard InChI is InChI=1S/C30H39N7O2/c1-22(38)34-16-18-36(19-17-34)26-8-9-27-28(20-26)31-21-32-29(27)23-10-14-37(15-11-23)30(39)33-24-4-6-25(7-5-24)35-12-2-3-13-35/h4,6,8-9,20-21,23H,2-3,5,7,10-19H2,1H3,(H,33,39). The zero-order valence-corrected chi connectivity index (χ0v) is 22.9. The summed E-state index contributed by atoms with van der Waals surface area (Å²) in [5.74, 6) is 0.452. The first-order valence-corrected chi connectivity index (χ1v) is 14.5. The van der Waals surface area contributed by atoms with Gasteiger partial charge in [0.15, 0.2) is 0 Å². The molecule has 3 saturated heterocycles. The number of piperidine rings is 1. The van der Waals surface area contributed by atoms with Gasteiger partial charge in [0.05, 0.1) is 11.2 Å². The second kappa shape index (κ2) is 11.2. The highest BCUT2D eigenvalue weighted by Gasteiger charge is 2.27. The molecule has 3 aliphatic heterocycles. The van der Waals surface area contributed by atoms with Gasteiger partial charge in [0.2, 0.25) is 5.91 Å². The zero-order chi connectivity index (χ0) is 26.8. The second-order valence-corrected chi connectivity index (χ2v) is 11.2. The monoisotopic (exact) mass is 529 g/mol. The number of fused-ring (bicyclic) bond motifs is 1. The van der Waals surface area contributed by atoms with Gasteiger partial charge in [-0.05, 0) is 68.9 Å². The van der Waals surface area contributed by atoms with E-state index in [0.29, 0.717) is 5.92 Å². The number of rotatable bonds is 4. The summed E-state index contributed by atoms with van der Waals surface area (Å²) in [5.41, 5.74) is 5.61. The van der Waals surface area contributed by atoms with Crippen LogP contribution in [0.4, 0.5) is 10.5 Å². The lowest BCUT2D eigenvalue weighted by atomic mass is 9.91. The zero-order valence-electron chi connectivity index (χ0n) is 22.9. The van der Waals surface area contributed by atoms with Crippen molar-refractivity contribution in [3.63, 3.8) is 0 Å². The minimum Gasteiger partial charge on any atom is -0.375 e. The van der Waals surface area contributed by atoms with Crippen LogP contribution in [0, 0.1) is 0 Å². The van der Waals surface area contributed by atoms with Crippen LogP contribution in [0.3, 0.4) is 0 Å². The summed E-state index contributed by atoms with van der Waals surface area (Å²) in [6, 6.07) is 6.46. The molecule has 4 aliphatic rings. The van der Waals surface area contributed by atoms with Gasteiger partial charge in [0, 0.05) is 87.7 Å².